The predicted octanol–water partition coefficient (Wildman–Crippen LogP) is 4.04. The summed E-state index contributed by atoms with van der Waals surface area (Å²) in [7, 11) is 0. The van der Waals surface area contributed by atoms with Crippen molar-refractivity contribution in [2.24, 2.45) is 0 Å². The second-order valence-corrected chi connectivity index (χ2v) is 9.07. The molecular formula is C26H32N2O4. The fourth-order valence-electron chi connectivity index (χ4n) is 5.02. The summed E-state index contributed by atoms with van der Waals surface area (Å²) in [4.78, 5) is 12.3. The number of ether oxygens (including phenoxy) is 3. The van der Waals surface area contributed by atoms with E-state index in [0.29, 0.717) is 13.2 Å². The molecule has 2 saturated heterocycles. The molecule has 0 bridgehead atoms. The molecule has 4 atom stereocenters. The van der Waals surface area contributed by atoms with Crippen LogP contribution in [0.25, 0.3) is 11.1 Å². The normalized spacial score (nSPS) is 27.8. The minimum Gasteiger partial charge on any atom is -0.441 e. The van der Waals surface area contributed by atoms with E-state index in [1.165, 1.54) is 36.0 Å². The summed E-state index contributed by atoms with van der Waals surface area (Å²) in [5, 5.41) is 6.57. The number of nitrogens with one attached hydrogen (secondary N) is 2. The summed E-state index contributed by atoms with van der Waals surface area (Å²) in [5.41, 5.74) is 3.65. The number of amides is 1. The molecule has 3 aliphatic rings. The highest BCUT2D eigenvalue weighted by atomic mass is 16.6. The van der Waals surface area contributed by atoms with Crippen molar-refractivity contribution >= 4 is 6.09 Å². The van der Waals surface area contributed by atoms with Gasteiger partial charge in [0.2, 0.25) is 0 Å². The van der Waals surface area contributed by atoms with Crippen molar-refractivity contribution in [3.63, 3.8) is 0 Å². The Morgan fingerprint density at radius 1 is 0.875 bits per heavy atom. The molecule has 2 N–H and O–H groups in total. The quantitative estimate of drug-likeness (QED) is 0.715. The second-order valence-electron chi connectivity index (χ2n) is 9.07. The molecule has 1 amide bonds. The predicted molar refractivity (Wildman–Crippen MR) is 122 cm³/mol. The van der Waals surface area contributed by atoms with E-state index in [1.807, 2.05) is 6.07 Å². The van der Waals surface area contributed by atoms with Crippen LogP contribution in [0, 0.1) is 0 Å². The highest BCUT2D eigenvalue weighted by molar-refractivity contribution is 5.68. The number of hydrogen-bond acceptors (Lipinski definition) is 5. The van der Waals surface area contributed by atoms with E-state index in [4.69, 9.17) is 14.2 Å². The third-order valence-electron chi connectivity index (χ3n) is 6.82. The van der Waals surface area contributed by atoms with Gasteiger partial charge in [-0.2, -0.15) is 0 Å². The van der Waals surface area contributed by atoms with Crippen molar-refractivity contribution in [1.29, 1.82) is 0 Å². The number of carbonyl (C=O) groups is 1. The first kappa shape index (κ1) is 21.4. The lowest BCUT2D eigenvalue weighted by Gasteiger charge is -2.24. The lowest BCUT2D eigenvalue weighted by Crippen LogP contribution is -2.43. The molecule has 3 fully saturated rings. The maximum atomic E-state index is 12.3. The van der Waals surface area contributed by atoms with Gasteiger partial charge in [-0.25, -0.2) is 4.79 Å². The molecule has 0 unspecified atom stereocenters. The van der Waals surface area contributed by atoms with Gasteiger partial charge in [0.25, 0.3) is 0 Å². The summed E-state index contributed by atoms with van der Waals surface area (Å²) in [6.45, 7) is 1.68. The number of fused-ring (bicyclic) bond motifs is 1. The number of alkyl carbamates (subject to hydrolysis) is 1. The van der Waals surface area contributed by atoms with Crippen LogP contribution in [0.2, 0.25) is 0 Å². The highest BCUT2D eigenvalue weighted by Crippen LogP contribution is 2.29. The van der Waals surface area contributed by atoms with E-state index in [1.54, 1.807) is 0 Å². The van der Waals surface area contributed by atoms with Crippen LogP contribution in [0.4, 0.5) is 4.79 Å². The molecule has 1 aliphatic carbocycles. The first-order valence-electron chi connectivity index (χ1n) is 11.8. The van der Waals surface area contributed by atoms with Crippen molar-refractivity contribution in [3.8, 4) is 11.1 Å². The largest absolute Gasteiger partial charge is 0.441 e. The van der Waals surface area contributed by atoms with Gasteiger partial charge >= 0.3 is 6.09 Å². The Hall–Kier alpha value is -2.41. The molecule has 5 rings (SSSR count). The highest BCUT2D eigenvalue weighted by Gasteiger charge is 2.49. The van der Waals surface area contributed by atoms with Crippen LogP contribution in [0.3, 0.4) is 0 Å². The number of hydrogen-bond donors (Lipinski definition) is 2. The third kappa shape index (κ3) is 4.98. The fourth-order valence-corrected chi connectivity index (χ4v) is 5.02. The van der Waals surface area contributed by atoms with Gasteiger partial charge in [-0.15, -0.1) is 0 Å². The molecule has 6 nitrogen and oxygen atoms in total. The van der Waals surface area contributed by atoms with Gasteiger partial charge in [0.05, 0.1) is 19.3 Å². The first-order chi connectivity index (χ1) is 15.8. The van der Waals surface area contributed by atoms with Crippen molar-refractivity contribution in [3.05, 3.63) is 60.2 Å². The van der Waals surface area contributed by atoms with E-state index >= 15 is 0 Å². The molecule has 0 radical (unpaired) electrons. The smallest absolute Gasteiger partial charge is 0.407 e. The molecule has 2 aromatic rings. The van der Waals surface area contributed by atoms with E-state index in [2.05, 4.69) is 59.2 Å². The third-order valence-corrected chi connectivity index (χ3v) is 6.82. The average Bonchev–Trinajstić information content (AvgIpc) is 3.42. The van der Waals surface area contributed by atoms with Gasteiger partial charge in [-0.05, 0) is 29.5 Å². The van der Waals surface area contributed by atoms with Crippen LogP contribution >= 0.6 is 0 Å². The Bertz CT molecular complexity index is 882. The van der Waals surface area contributed by atoms with Crippen LogP contribution < -0.4 is 10.6 Å². The first-order valence-corrected chi connectivity index (χ1v) is 11.8. The van der Waals surface area contributed by atoms with Crippen molar-refractivity contribution < 1.29 is 19.0 Å². The Balaban J connectivity index is 1.10. The van der Waals surface area contributed by atoms with Gasteiger partial charge in [-0.1, -0.05) is 73.9 Å². The summed E-state index contributed by atoms with van der Waals surface area (Å²) in [6, 6.07) is 19.3. The Morgan fingerprint density at radius 3 is 2.38 bits per heavy atom. The van der Waals surface area contributed by atoms with Crippen molar-refractivity contribution in [2.75, 3.05) is 13.2 Å². The zero-order valence-corrected chi connectivity index (χ0v) is 18.4. The molecule has 170 valence electrons. The molecule has 32 heavy (non-hydrogen) atoms. The van der Waals surface area contributed by atoms with Crippen LogP contribution in [0.1, 0.15) is 37.7 Å². The zero-order chi connectivity index (χ0) is 21.8. The van der Waals surface area contributed by atoms with Crippen molar-refractivity contribution in [2.45, 2.75) is 69.0 Å². The van der Waals surface area contributed by atoms with Gasteiger partial charge in [0.15, 0.2) is 6.10 Å². The topological polar surface area (TPSA) is 68.8 Å². The van der Waals surface area contributed by atoms with Crippen molar-refractivity contribution in [1.82, 2.24) is 10.6 Å². The molecule has 2 aromatic carbocycles. The van der Waals surface area contributed by atoms with Gasteiger partial charge < -0.3 is 24.8 Å². The van der Waals surface area contributed by atoms with Crippen LogP contribution in [-0.4, -0.2) is 49.7 Å². The van der Waals surface area contributed by atoms with E-state index < -0.39 is 0 Å². The van der Waals surface area contributed by atoms with Crippen LogP contribution in [-0.2, 0) is 20.8 Å². The van der Waals surface area contributed by atoms with Crippen LogP contribution in [0.15, 0.2) is 54.6 Å². The zero-order valence-electron chi connectivity index (χ0n) is 18.4. The standard InChI is InChI=1S/C26H32N2O4/c29-26(28-21-9-5-2-6-10-21)32-23-17-31-24-22(16-30-25(23)24)27-15-18-11-13-20(14-12-18)19-7-3-1-4-8-19/h1,3-4,7-8,11-14,21-25,27H,2,5-6,9-10,15-17H2,(H,28,29)/t22-,23-,24-,25+/m1/s1. The minimum absolute atomic E-state index is 0.0869. The van der Waals surface area contributed by atoms with Gasteiger partial charge in [0, 0.05) is 12.6 Å². The van der Waals surface area contributed by atoms with Crippen LogP contribution in [0.5, 0.6) is 0 Å². The lowest BCUT2D eigenvalue weighted by molar-refractivity contribution is 0.00252. The average molecular weight is 437 g/mol. The van der Waals surface area contributed by atoms with E-state index in [0.717, 1.165) is 19.4 Å². The van der Waals surface area contributed by atoms with E-state index in [9.17, 15) is 4.79 Å². The van der Waals surface area contributed by atoms with Gasteiger partial charge in [0.1, 0.15) is 12.2 Å². The van der Waals surface area contributed by atoms with Gasteiger partial charge in [-0.3, -0.25) is 0 Å². The summed E-state index contributed by atoms with van der Waals surface area (Å²) in [6.07, 6.45) is 4.70. The number of benzene rings is 2. The minimum atomic E-state index is -0.347. The monoisotopic (exact) mass is 436 g/mol. The molecular weight excluding hydrogens is 404 g/mol. The Morgan fingerprint density at radius 2 is 1.59 bits per heavy atom. The summed E-state index contributed by atoms with van der Waals surface area (Å²) >= 11 is 0. The lowest BCUT2D eigenvalue weighted by atomic mass is 9.96. The number of rotatable bonds is 6. The number of carbonyl (C=O) groups excluding carboxylic acids is 1. The second kappa shape index (κ2) is 10.0. The molecule has 2 aliphatic heterocycles. The van der Waals surface area contributed by atoms with E-state index in [-0.39, 0.29) is 36.5 Å². The summed E-state index contributed by atoms with van der Waals surface area (Å²) < 4.78 is 17.6. The Labute approximate surface area is 189 Å². The fraction of sp³-hybridized carbons (Fsp3) is 0.500. The molecule has 2 heterocycles. The maximum absolute atomic E-state index is 12.3. The summed E-state index contributed by atoms with van der Waals surface area (Å²) in [5.74, 6) is 0. The molecule has 1 saturated carbocycles. The molecule has 0 spiro atoms. The Kier molecular flexibility index (Phi) is 6.72. The SMILES string of the molecule is O=C(NC1CCCCC1)O[C@@H]1CO[C@H]2[C@H]1OC[C@H]2NCc1ccc(-c2ccccc2)cc1. The molecule has 0 aromatic heterocycles. The molecule has 6 heteroatoms. The maximum Gasteiger partial charge on any atom is 0.407 e.